The highest BCUT2D eigenvalue weighted by atomic mass is 16.2. The van der Waals surface area contributed by atoms with Crippen molar-refractivity contribution in [3.05, 3.63) is 46.8 Å². The summed E-state index contributed by atoms with van der Waals surface area (Å²) in [6.07, 6.45) is 2.11. The number of anilines is 1. The van der Waals surface area contributed by atoms with Gasteiger partial charge in [0.05, 0.1) is 29.6 Å². The number of hydrogen-bond donors (Lipinski definition) is 2. The van der Waals surface area contributed by atoms with Crippen LogP contribution in [0.4, 0.5) is 5.69 Å². The molecule has 4 amide bonds. The number of hydrogen-bond acceptors (Lipinski definition) is 7. The van der Waals surface area contributed by atoms with Gasteiger partial charge in [0, 0.05) is 44.4 Å². The zero-order valence-electron chi connectivity index (χ0n) is 17.1. The third kappa shape index (κ3) is 3.19. The Bertz CT molecular complexity index is 1120. The molecular formula is C21H22N6O4. The first-order valence-electron chi connectivity index (χ1n) is 10.2. The quantitative estimate of drug-likeness (QED) is 0.668. The van der Waals surface area contributed by atoms with Gasteiger partial charge in [-0.3, -0.25) is 34.1 Å². The van der Waals surface area contributed by atoms with Crippen LogP contribution in [0.3, 0.4) is 0 Å². The number of amides is 4. The van der Waals surface area contributed by atoms with Crippen LogP contribution < -0.4 is 15.5 Å². The van der Waals surface area contributed by atoms with Gasteiger partial charge in [0.25, 0.3) is 11.8 Å². The molecule has 2 aromatic rings. The van der Waals surface area contributed by atoms with E-state index in [9.17, 15) is 19.2 Å². The largest absolute Gasteiger partial charge is 0.370 e. The van der Waals surface area contributed by atoms with Gasteiger partial charge in [-0.05, 0) is 24.6 Å². The smallest absolute Gasteiger partial charge is 0.262 e. The molecule has 0 spiro atoms. The zero-order valence-corrected chi connectivity index (χ0v) is 17.1. The van der Waals surface area contributed by atoms with Crippen LogP contribution >= 0.6 is 0 Å². The monoisotopic (exact) mass is 422 g/mol. The van der Waals surface area contributed by atoms with Crippen molar-refractivity contribution in [3.8, 4) is 0 Å². The lowest BCUT2D eigenvalue weighted by atomic mass is 10.0. The topological polar surface area (TPSA) is 117 Å². The van der Waals surface area contributed by atoms with Crippen LogP contribution in [0.5, 0.6) is 0 Å². The number of nitrogens with one attached hydrogen (secondary N) is 2. The molecule has 3 aliphatic heterocycles. The van der Waals surface area contributed by atoms with Gasteiger partial charge in [-0.15, -0.1) is 0 Å². The Balaban J connectivity index is 1.38. The third-order valence-corrected chi connectivity index (χ3v) is 6.10. The van der Waals surface area contributed by atoms with E-state index in [0.717, 1.165) is 41.5 Å². The number of nitrogens with zero attached hydrogens (tertiary/aromatic N) is 4. The van der Waals surface area contributed by atoms with Gasteiger partial charge in [-0.25, -0.2) is 0 Å². The van der Waals surface area contributed by atoms with E-state index in [1.807, 2.05) is 22.8 Å². The Morgan fingerprint density at radius 1 is 1.16 bits per heavy atom. The van der Waals surface area contributed by atoms with E-state index in [0.29, 0.717) is 6.54 Å². The average Bonchev–Trinajstić information content (AvgIpc) is 3.27. The molecule has 2 N–H and O–H groups in total. The molecule has 0 aliphatic carbocycles. The fourth-order valence-electron chi connectivity index (χ4n) is 4.41. The Morgan fingerprint density at radius 2 is 1.97 bits per heavy atom. The van der Waals surface area contributed by atoms with Crippen molar-refractivity contribution in [1.29, 1.82) is 0 Å². The summed E-state index contributed by atoms with van der Waals surface area (Å²) < 4.78 is 2.00. The van der Waals surface area contributed by atoms with E-state index in [2.05, 4.69) is 15.7 Å². The van der Waals surface area contributed by atoms with Crippen LogP contribution in [0.2, 0.25) is 0 Å². The normalized spacial score (nSPS) is 20.5. The molecule has 0 bridgehead atoms. The Morgan fingerprint density at radius 3 is 2.77 bits per heavy atom. The minimum absolute atomic E-state index is 0.0999. The molecule has 1 saturated heterocycles. The summed E-state index contributed by atoms with van der Waals surface area (Å²) in [5.41, 5.74) is 3.59. The highest BCUT2D eigenvalue weighted by Crippen LogP contribution is 2.31. The lowest BCUT2D eigenvalue weighted by molar-refractivity contribution is -0.136. The molecule has 31 heavy (non-hydrogen) atoms. The number of carbonyl (C=O) groups is 4. The average molecular weight is 422 g/mol. The van der Waals surface area contributed by atoms with Crippen LogP contribution in [-0.2, 0) is 29.2 Å². The maximum atomic E-state index is 13.0. The van der Waals surface area contributed by atoms with E-state index >= 15 is 0 Å². The van der Waals surface area contributed by atoms with Crippen molar-refractivity contribution in [2.45, 2.75) is 38.5 Å². The summed E-state index contributed by atoms with van der Waals surface area (Å²) in [6.45, 7) is 3.11. The lowest BCUT2D eigenvalue weighted by Crippen LogP contribution is -2.54. The summed E-state index contributed by atoms with van der Waals surface area (Å²) in [5.74, 6) is -2.00. The highest BCUT2D eigenvalue weighted by molar-refractivity contribution is 6.23. The number of imide groups is 2. The maximum absolute atomic E-state index is 13.0. The fourth-order valence-corrected chi connectivity index (χ4v) is 4.41. The Hall–Kier alpha value is -3.53. The van der Waals surface area contributed by atoms with E-state index in [1.165, 1.54) is 0 Å². The number of benzene rings is 1. The second-order valence-electron chi connectivity index (χ2n) is 8.05. The summed E-state index contributed by atoms with van der Waals surface area (Å²) in [4.78, 5) is 52.5. The van der Waals surface area contributed by atoms with Gasteiger partial charge < -0.3 is 10.2 Å². The van der Waals surface area contributed by atoms with Crippen LogP contribution in [0, 0.1) is 0 Å². The Labute approximate surface area is 178 Å². The van der Waals surface area contributed by atoms with Gasteiger partial charge in [0.2, 0.25) is 11.8 Å². The number of rotatable bonds is 4. The summed E-state index contributed by atoms with van der Waals surface area (Å²) >= 11 is 0. The molecule has 0 saturated carbocycles. The van der Waals surface area contributed by atoms with Gasteiger partial charge in [0.1, 0.15) is 6.04 Å². The van der Waals surface area contributed by atoms with Crippen molar-refractivity contribution < 1.29 is 19.2 Å². The second kappa shape index (κ2) is 7.31. The molecule has 1 aromatic carbocycles. The van der Waals surface area contributed by atoms with Crippen LogP contribution in [0.1, 0.15) is 44.8 Å². The van der Waals surface area contributed by atoms with Crippen LogP contribution in [0.15, 0.2) is 24.4 Å². The van der Waals surface area contributed by atoms with Gasteiger partial charge >= 0.3 is 0 Å². The predicted octanol–water partition coefficient (Wildman–Crippen LogP) is 0.0239. The molecule has 1 fully saturated rings. The number of piperidine rings is 1. The van der Waals surface area contributed by atoms with E-state index in [4.69, 9.17) is 0 Å². The molecule has 10 heteroatoms. The van der Waals surface area contributed by atoms with Gasteiger partial charge in [-0.1, -0.05) is 0 Å². The lowest BCUT2D eigenvalue weighted by Gasteiger charge is -2.27. The van der Waals surface area contributed by atoms with Gasteiger partial charge in [-0.2, -0.15) is 5.10 Å². The van der Waals surface area contributed by atoms with Crippen molar-refractivity contribution in [2.24, 2.45) is 0 Å². The molecule has 160 valence electrons. The highest BCUT2D eigenvalue weighted by Gasteiger charge is 2.44. The molecule has 0 radical (unpaired) electrons. The summed E-state index contributed by atoms with van der Waals surface area (Å²) in [5, 5.41) is 9.99. The summed E-state index contributed by atoms with van der Waals surface area (Å²) in [7, 11) is 1.92. The minimum Gasteiger partial charge on any atom is -0.370 e. The standard InChI is InChI=1S/C21H22N6O4/c1-25(11-12-9-23-26-7-6-22-10-17(12)26)13-2-3-14-15(8-13)21(31)27(20(14)30)16-4-5-18(28)24-19(16)29/h2-3,8-9,16,22H,4-7,10-11H2,1H3,(H,24,28,29). The van der Waals surface area contributed by atoms with Crippen molar-refractivity contribution in [1.82, 2.24) is 25.3 Å². The molecule has 5 rings (SSSR count). The maximum Gasteiger partial charge on any atom is 0.262 e. The van der Waals surface area contributed by atoms with E-state index < -0.39 is 23.8 Å². The number of fused-ring (bicyclic) bond motifs is 2. The Kier molecular flexibility index (Phi) is 4.58. The zero-order chi connectivity index (χ0) is 21.7. The molecule has 3 aliphatic rings. The first-order chi connectivity index (χ1) is 14.9. The minimum atomic E-state index is -0.960. The van der Waals surface area contributed by atoms with Gasteiger partial charge in [0.15, 0.2) is 0 Å². The molecule has 4 heterocycles. The second-order valence-corrected chi connectivity index (χ2v) is 8.05. The number of aromatic nitrogens is 2. The first-order valence-corrected chi connectivity index (χ1v) is 10.2. The molecule has 1 atom stereocenters. The van der Waals surface area contributed by atoms with E-state index in [1.54, 1.807) is 18.2 Å². The number of carbonyl (C=O) groups excluding carboxylic acids is 4. The van der Waals surface area contributed by atoms with Crippen molar-refractivity contribution >= 4 is 29.3 Å². The third-order valence-electron chi connectivity index (χ3n) is 6.10. The van der Waals surface area contributed by atoms with Crippen molar-refractivity contribution in [2.75, 3.05) is 18.5 Å². The summed E-state index contributed by atoms with van der Waals surface area (Å²) in [6, 6.07) is 4.15. The molecule has 1 aromatic heterocycles. The predicted molar refractivity (Wildman–Crippen MR) is 109 cm³/mol. The SMILES string of the molecule is CN(Cc1cnn2c1CNCC2)c1ccc2c(c1)C(=O)N(C1CCC(=O)NC1=O)C2=O. The molecular weight excluding hydrogens is 400 g/mol. The first kappa shape index (κ1) is 19.4. The van der Waals surface area contributed by atoms with Crippen molar-refractivity contribution in [3.63, 3.8) is 0 Å². The van der Waals surface area contributed by atoms with Crippen LogP contribution in [0.25, 0.3) is 0 Å². The molecule has 10 nitrogen and oxygen atoms in total. The fraction of sp³-hybridized carbons (Fsp3) is 0.381. The van der Waals surface area contributed by atoms with Crippen LogP contribution in [-0.4, -0.2) is 57.9 Å². The van der Waals surface area contributed by atoms with E-state index in [-0.39, 0.29) is 29.9 Å². The molecule has 1 unspecified atom stereocenters.